The lowest BCUT2D eigenvalue weighted by Gasteiger charge is -2.32. The summed E-state index contributed by atoms with van der Waals surface area (Å²) >= 11 is 0. The van der Waals surface area contributed by atoms with E-state index in [9.17, 15) is 9.59 Å². The normalized spacial score (nSPS) is 14.3. The Labute approximate surface area is 140 Å². The van der Waals surface area contributed by atoms with Gasteiger partial charge in [0.15, 0.2) is 0 Å². The highest BCUT2D eigenvalue weighted by molar-refractivity contribution is 5.94. The molecule has 2 aromatic rings. The van der Waals surface area contributed by atoms with E-state index < -0.39 is 0 Å². The predicted molar refractivity (Wildman–Crippen MR) is 89.3 cm³/mol. The minimum atomic E-state index is -0.0606. The van der Waals surface area contributed by atoms with E-state index in [2.05, 4.69) is 15.3 Å². The zero-order chi connectivity index (χ0) is 16.8. The lowest BCUT2D eigenvalue weighted by Crippen LogP contribution is -2.48. The summed E-state index contributed by atoms with van der Waals surface area (Å²) in [6.45, 7) is 2.80. The Hall–Kier alpha value is -2.96. The SMILES string of the molecule is O=CN1CCN(C(=O)c2cncc(NCc3ccccn3)c2)CC1. The smallest absolute Gasteiger partial charge is 0.255 e. The maximum Gasteiger partial charge on any atom is 0.255 e. The van der Waals surface area contributed by atoms with E-state index in [0.29, 0.717) is 38.3 Å². The second-order valence-corrected chi connectivity index (χ2v) is 5.57. The number of hydrogen-bond donors (Lipinski definition) is 1. The lowest BCUT2D eigenvalue weighted by molar-refractivity contribution is -0.119. The lowest BCUT2D eigenvalue weighted by atomic mass is 10.2. The van der Waals surface area contributed by atoms with Crippen LogP contribution in [0.3, 0.4) is 0 Å². The Balaban J connectivity index is 1.62. The van der Waals surface area contributed by atoms with E-state index in [4.69, 9.17) is 0 Å². The van der Waals surface area contributed by atoms with Gasteiger partial charge in [-0.2, -0.15) is 0 Å². The number of carbonyl (C=O) groups excluding carboxylic acids is 2. The number of nitrogens with one attached hydrogen (secondary N) is 1. The molecule has 2 aromatic heterocycles. The maximum atomic E-state index is 12.6. The zero-order valence-corrected chi connectivity index (χ0v) is 13.3. The van der Waals surface area contributed by atoms with Gasteiger partial charge in [-0.25, -0.2) is 0 Å². The van der Waals surface area contributed by atoms with Crippen LogP contribution in [-0.2, 0) is 11.3 Å². The molecular weight excluding hydrogens is 306 g/mol. The van der Waals surface area contributed by atoms with E-state index in [-0.39, 0.29) is 5.91 Å². The summed E-state index contributed by atoms with van der Waals surface area (Å²) in [5, 5.41) is 3.23. The molecule has 7 heteroatoms. The van der Waals surface area contributed by atoms with Gasteiger partial charge in [-0.15, -0.1) is 0 Å². The van der Waals surface area contributed by atoms with Crippen LogP contribution >= 0.6 is 0 Å². The molecule has 0 aliphatic carbocycles. The predicted octanol–water partition coefficient (Wildman–Crippen LogP) is 1.00. The fourth-order valence-electron chi connectivity index (χ4n) is 2.56. The van der Waals surface area contributed by atoms with Gasteiger partial charge in [0, 0.05) is 44.8 Å². The second kappa shape index (κ2) is 7.54. The van der Waals surface area contributed by atoms with Gasteiger partial charge in [0.25, 0.3) is 5.91 Å². The van der Waals surface area contributed by atoms with Gasteiger partial charge in [-0.1, -0.05) is 6.07 Å². The van der Waals surface area contributed by atoms with Crippen LogP contribution in [0.5, 0.6) is 0 Å². The van der Waals surface area contributed by atoms with E-state index in [1.807, 2.05) is 18.2 Å². The quantitative estimate of drug-likeness (QED) is 0.830. The van der Waals surface area contributed by atoms with Crippen molar-refractivity contribution in [2.45, 2.75) is 6.54 Å². The van der Waals surface area contributed by atoms with Crippen molar-refractivity contribution in [2.24, 2.45) is 0 Å². The third kappa shape index (κ3) is 3.87. The number of pyridine rings is 2. The van der Waals surface area contributed by atoms with Crippen LogP contribution in [0.1, 0.15) is 16.1 Å². The van der Waals surface area contributed by atoms with Crippen LogP contribution in [-0.4, -0.2) is 58.3 Å². The molecule has 0 saturated carbocycles. The molecule has 0 bridgehead atoms. The molecule has 0 aromatic carbocycles. The number of rotatable bonds is 5. The van der Waals surface area contributed by atoms with Crippen LogP contribution in [0.15, 0.2) is 42.9 Å². The Morgan fingerprint density at radius 1 is 1.21 bits per heavy atom. The number of aromatic nitrogens is 2. The van der Waals surface area contributed by atoms with Crippen molar-refractivity contribution in [3.8, 4) is 0 Å². The first-order chi connectivity index (χ1) is 11.8. The van der Waals surface area contributed by atoms with E-state index in [0.717, 1.165) is 17.8 Å². The molecule has 1 N–H and O–H groups in total. The molecule has 3 heterocycles. The van der Waals surface area contributed by atoms with Crippen molar-refractivity contribution in [3.63, 3.8) is 0 Å². The van der Waals surface area contributed by atoms with Crippen LogP contribution in [0, 0.1) is 0 Å². The van der Waals surface area contributed by atoms with Gasteiger partial charge >= 0.3 is 0 Å². The molecule has 1 aliphatic rings. The number of carbonyl (C=O) groups is 2. The molecule has 0 radical (unpaired) electrons. The molecule has 0 spiro atoms. The molecule has 3 rings (SSSR count). The van der Waals surface area contributed by atoms with Crippen molar-refractivity contribution in [1.29, 1.82) is 0 Å². The fourth-order valence-corrected chi connectivity index (χ4v) is 2.56. The van der Waals surface area contributed by atoms with Crippen molar-refractivity contribution in [3.05, 3.63) is 54.1 Å². The Morgan fingerprint density at radius 3 is 2.75 bits per heavy atom. The average Bonchev–Trinajstić information content (AvgIpc) is 2.67. The number of amides is 2. The van der Waals surface area contributed by atoms with Crippen LogP contribution in [0.2, 0.25) is 0 Å². The molecule has 2 amide bonds. The summed E-state index contributed by atoms with van der Waals surface area (Å²) < 4.78 is 0. The van der Waals surface area contributed by atoms with Gasteiger partial charge < -0.3 is 15.1 Å². The number of nitrogens with zero attached hydrogens (tertiary/aromatic N) is 4. The van der Waals surface area contributed by atoms with Crippen LogP contribution < -0.4 is 5.32 Å². The van der Waals surface area contributed by atoms with Gasteiger partial charge in [0.2, 0.25) is 6.41 Å². The maximum absolute atomic E-state index is 12.6. The van der Waals surface area contributed by atoms with Crippen molar-refractivity contribution in [2.75, 3.05) is 31.5 Å². The second-order valence-electron chi connectivity index (χ2n) is 5.57. The third-order valence-corrected chi connectivity index (χ3v) is 3.94. The molecule has 7 nitrogen and oxygen atoms in total. The first-order valence-electron chi connectivity index (χ1n) is 7.84. The highest BCUT2D eigenvalue weighted by atomic mass is 16.2. The van der Waals surface area contributed by atoms with E-state index >= 15 is 0 Å². The van der Waals surface area contributed by atoms with E-state index in [1.54, 1.807) is 34.5 Å². The highest BCUT2D eigenvalue weighted by Crippen LogP contribution is 2.13. The van der Waals surface area contributed by atoms with Gasteiger partial charge in [0.1, 0.15) is 0 Å². The van der Waals surface area contributed by atoms with E-state index in [1.165, 1.54) is 0 Å². The molecule has 124 valence electrons. The Kier molecular flexibility index (Phi) is 5.00. The minimum absolute atomic E-state index is 0.0606. The monoisotopic (exact) mass is 325 g/mol. The molecule has 1 saturated heterocycles. The molecule has 1 fully saturated rings. The van der Waals surface area contributed by atoms with Crippen molar-refractivity contribution in [1.82, 2.24) is 19.8 Å². The van der Waals surface area contributed by atoms with Crippen LogP contribution in [0.4, 0.5) is 5.69 Å². The largest absolute Gasteiger partial charge is 0.378 e. The van der Waals surface area contributed by atoms with Crippen LogP contribution in [0.25, 0.3) is 0 Å². The number of anilines is 1. The summed E-state index contributed by atoms with van der Waals surface area (Å²) in [5.74, 6) is -0.0606. The van der Waals surface area contributed by atoms with Gasteiger partial charge in [-0.05, 0) is 18.2 Å². The molecular formula is C17H19N5O2. The average molecular weight is 325 g/mol. The zero-order valence-electron chi connectivity index (χ0n) is 13.3. The van der Waals surface area contributed by atoms with Gasteiger partial charge in [0.05, 0.1) is 23.5 Å². The number of piperazine rings is 1. The summed E-state index contributed by atoms with van der Waals surface area (Å²) in [4.78, 5) is 35.1. The topological polar surface area (TPSA) is 78.4 Å². The van der Waals surface area contributed by atoms with Crippen molar-refractivity contribution < 1.29 is 9.59 Å². The standard InChI is InChI=1S/C17H19N5O2/c23-13-21-5-7-22(8-6-21)17(24)14-9-16(11-18-10-14)20-12-15-3-1-2-4-19-15/h1-4,9-11,13,20H,5-8,12H2. The molecule has 24 heavy (non-hydrogen) atoms. The first-order valence-corrected chi connectivity index (χ1v) is 7.84. The Morgan fingerprint density at radius 2 is 2.04 bits per heavy atom. The first kappa shape index (κ1) is 15.9. The Bertz CT molecular complexity index is 699. The summed E-state index contributed by atoms with van der Waals surface area (Å²) in [5.41, 5.74) is 2.23. The number of hydrogen-bond acceptors (Lipinski definition) is 5. The minimum Gasteiger partial charge on any atom is -0.378 e. The summed E-state index contributed by atoms with van der Waals surface area (Å²) in [7, 11) is 0. The van der Waals surface area contributed by atoms with Gasteiger partial charge in [-0.3, -0.25) is 19.6 Å². The third-order valence-electron chi connectivity index (χ3n) is 3.94. The summed E-state index contributed by atoms with van der Waals surface area (Å²) in [6, 6.07) is 7.53. The fraction of sp³-hybridized carbons (Fsp3) is 0.294. The molecule has 0 unspecified atom stereocenters. The summed E-state index contributed by atoms with van der Waals surface area (Å²) in [6.07, 6.45) is 5.82. The molecule has 1 aliphatic heterocycles. The molecule has 0 atom stereocenters. The highest BCUT2D eigenvalue weighted by Gasteiger charge is 2.21. The van der Waals surface area contributed by atoms with Crippen molar-refractivity contribution >= 4 is 18.0 Å².